The largest absolute Gasteiger partial charge is 0.459 e. The molecule has 1 aromatic rings. The lowest BCUT2D eigenvalue weighted by Gasteiger charge is -2.21. The third-order valence-corrected chi connectivity index (χ3v) is 3.06. The number of carbonyl (C=O) groups is 1. The van der Waals surface area contributed by atoms with Crippen LogP contribution < -0.4 is 0 Å². The highest BCUT2D eigenvalue weighted by atomic mass is 16.5. The number of hydrogen-bond donors (Lipinski definition) is 0. The summed E-state index contributed by atoms with van der Waals surface area (Å²) in [6, 6.07) is 0. The molecule has 0 unspecified atom stereocenters. The number of aryl methyl sites for hydroxylation is 2. The van der Waals surface area contributed by atoms with E-state index in [9.17, 15) is 4.79 Å². The molecule has 0 atom stereocenters. The van der Waals surface area contributed by atoms with E-state index in [4.69, 9.17) is 9.26 Å². The van der Waals surface area contributed by atoms with Gasteiger partial charge < -0.3 is 9.26 Å². The third kappa shape index (κ3) is 2.26. The minimum absolute atomic E-state index is 0.0787. The smallest absolute Gasteiger partial charge is 0.343 e. The van der Waals surface area contributed by atoms with E-state index in [-0.39, 0.29) is 12.1 Å². The molecule has 0 aromatic carbocycles. The van der Waals surface area contributed by atoms with E-state index < -0.39 is 0 Å². The van der Waals surface area contributed by atoms with Crippen molar-refractivity contribution in [2.45, 2.75) is 52.1 Å². The van der Waals surface area contributed by atoms with Crippen LogP contribution in [0.2, 0.25) is 0 Å². The van der Waals surface area contributed by atoms with E-state index in [0.717, 1.165) is 25.7 Å². The summed E-state index contributed by atoms with van der Waals surface area (Å²) in [5.41, 5.74) is 1.10. The summed E-state index contributed by atoms with van der Waals surface area (Å²) in [6.45, 7) is 3.49. The van der Waals surface area contributed by atoms with Crippen LogP contribution in [0.5, 0.6) is 0 Å². The van der Waals surface area contributed by atoms with Crippen LogP contribution in [-0.4, -0.2) is 17.2 Å². The van der Waals surface area contributed by atoms with Gasteiger partial charge in [-0.25, -0.2) is 4.79 Å². The minimum Gasteiger partial charge on any atom is -0.459 e. The molecule has 1 heterocycles. The molecule has 1 fully saturated rings. The highest BCUT2D eigenvalue weighted by Gasteiger charge is 2.23. The Morgan fingerprint density at radius 3 is 2.56 bits per heavy atom. The molecule has 0 radical (unpaired) electrons. The van der Waals surface area contributed by atoms with Crippen LogP contribution in [-0.2, 0) is 4.74 Å². The molecule has 1 aliphatic carbocycles. The molecule has 4 heteroatoms. The summed E-state index contributed by atoms with van der Waals surface area (Å²) in [5, 5.41) is 3.75. The number of aromatic nitrogens is 1. The first-order valence-corrected chi connectivity index (χ1v) is 5.82. The lowest BCUT2D eigenvalue weighted by atomic mass is 9.98. The number of ether oxygens (including phenoxy) is 1. The van der Waals surface area contributed by atoms with Crippen LogP contribution in [0.4, 0.5) is 0 Å². The minimum atomic E-state index is -0.289. The summed E-state index contributed by atoms with van der Waals surface area (Å²) in [7, 11) is 0. The van der Waals surface area contributed by atoms with Crippen LogP contribution in [0, 0.1) is 13.8 Å². The highest BCUT2D eigenvalue weighted by Crippen LogP contribution is 2.22. The van der Waals surface area contributed by atoms with E-state index in [1.807, 2.05) is 0 Å². The lowest BCUT2D eigenvalue weighted by molar-refractivity contribution is 0.0208. The van der Waals surface area contributed by atoms with E-state index in [0.29, 0.717) is 17.0 Å². The fraction of sp³-hybridized carbons (Fsp3) is 0.667. The third-order valence-electron chi connectivity index (χ3n) is 3.06. The summed E-state index contributed by atoms with van der Waals surface area (Å²) < 4.78 is 10.4. The first kappa shape index (κ1) is 11.2. The first-order chi connectivity index (χ1) is 7.68. The molecule has 0 aliphatic heterocycles. The Labute approximate surface area is 95.0 Å². The van der Waals surface area contributed by atoms with Crippen LogP contribution in [0.1, 0.15) is 53.9 Å². The van der Waals surface area contributed by atoms with Crippen molar-refractivity contribution in [3.05, 3.63) is 17.0 Å². The summed E-state index contributed by atoms with van der Waals surface area (Å²) >= 11 is 0. The van der Waals surface area contributed by atoms with Gasteiger partial charge in [-0.1, -0.05) is 11.6 Å². The van der Waals surface area contributed by atoms with Gasteiger partial charge in [-0.2, -0.15) is 0 Å². The quantitative estimate of drug-likeness (QED) is 0.723. The molecular weight excluding hydrogens is 206 g/mol. The second kappa shape index (κ2) is 4.68. The Hall–Kier alpha value is -1.32. The van der Waals surface area contributed by atoms with Crippen molar-refractivity contribution in [2.75, 3.05) is 0 Å². The van der Waals surface area contributed by atoms with Crippen molar-refractivity contribution >= 4 is 5.97 Å². The molecule has 0 saturated heterocycles. The average molecular weight is 223 g/mol. The maximum atomic E-state index is 11.9. The van der Waals surface area contributed by atoms with E-state index in [2.05, 4.69) is 5.16 Å². The van der Waals surface area contributed by atoms with Crippen LogP contribution in [0.3, 0.4) is 0 Å². The van der Waals surface area contributed by atoms with Gasteiger partial charge in [0.25, 0.3) is 0 Å². The number of hydrogen-bond acceptors (Lipinski definition) is 4. The lowest BCUT2D eigenvalue weighted by Crippen LogP contribution is -2.21. The van der Waals surface area contributed by atoms with Crippen molar-refractivity contribution in [3.63, 3.8) is 0 Å². The zero-order valence-electron chi connectivity index (χ0n) is 9.78. The van der Waals surface area contributed by atoms with Crippen molar-refractivity contribution in [3.8, 4) is 0 Å². The van der Waals surface area contributed by atoms with Gasteiger partial charge in [0.15, 0.2) is 0 Å². The number of carbonyl (C=O) groups excluding carboxylic acids is 1. The predicted molar refractivity (Wildman–Crippen MR) is 58.3 cm³/mol. The first-order valence-electron chi connectivity index (χ1n) is 5.82. The zero-order chi connectivity index (χ0) is 11.5. The van der Waals surface area contributed by atoms with Crippen molar-refractivity contribution in [1.82, 2.24) is 5.16 Å². The molecular formula is C12H17NO3. The molecule has 0 spiro atoms. The van der Waals surface area contributed by atoms with E-state index >= 15 is 0 Å². The second-order valence-electron chi connectivity index (χ2n) is 4.36. The van der Waals surface area contributed by atoms with Gasteiger partial charge >= 0.3 is 5.97 Å². The molecule has 1 aromatic heterocycles. The molecule has 0 amide bonds. The summed E-state index contributed by atoms with van der Waals surface area (Å²) in [6.07, 6.45) is 5.60. The molecule has 0 N–H and O–H groups in total. The number of nitrogens with zero attached hydrogens (tertiary/aromatic N) is 1. The van der Waals surface area contributed by atoms with Crippen LogP contribution in [0.25, 0.3) is 0 Å². The van der Waals surface area contributed by atoms with Crippen LogP contribution in [0.15, 0.2) is 4.52 Å². The predicted octanol–water partition coefficient (Wildman–Crippen LogP) is 2.78. The van der Waals surface area contributed by atoms with Crippen molar-refractivity contribution < 1.29 is 14.1 Å². The Morgan fingerprint density at radius 2 is 2.00 bits per heavy atom. The van der Waals surface area contributed by atoms with Gasteiger partial charge in [-0.15, -0.1) is 0 Å². The Morgan fingerprint density at radius 1 is 1.31 bits per heavy atom. The maximum absolute atomic E-state index is 11.9. The normalized spacial score (nSPS) is 17.4. The van der Waals surface area contributed by atoms with E-state index in [1.54, 1.807) is 13.8 Å². The molecule has 0 bridgehead atoms. The van der Waals surface area contributed by atoms with Gasteiger partial charge in [0, 0.05) is 0 Å². The average Bonchev–Trinajstić information content (AvgIpc) is 2.60. The maximum Gasteiger partial charge on any atom is 0.343 e. The fourth-order valence-electron chi connectivity index (χ4n) is 2.17. The standard InChI is InChI=1S/C12H17NO3/c1-8-11(9(2)16-13-8)12(14)15-10-6-4-3-5-7-10/h10H,3-7H2,1-2H3. The highest BCUT2D eigenvalue weighted by molar-refractivity contribution is 5.91. The topological polar surface area (TPSA) is 52.3 Å². The van der Waals surface area contributed by atoms with Crippen molar-refractivity contribution in [1.29, 1.82) is 0 Å². The fourth-order valence-corrected chi connectivity index (χ4v) is 2.17. The monoisotopic (exact) mass is 223 g/mol. The van der Waals surface area contributed by atoms with Gasteiger partial charge in [0.1, 0.15) is 17.4 Å². The van der Waals surface area contributed by atoms with Crippen LogP contribution >= 0.6 is 0 Å². The molecule has 16 heavy (non-hydrogen) atoms. The Bertz CT molecular complexity index is 358. The molecule has 2 rings (SSSR count). The SMILES string of the molecule is Cc1noc(C)c1C(=O)OC1CCCCC1. The zero-order valence-corrected chi connectivity index (χ0v) is 9.78. The van der Waals surface area contributed by atoms with E-state index in [1.165, 1.54) is 6.42 Å². The summed E-state index contributed by atoms with van der Waals surface area (Å²) in [5.74, 6) is 0.251. The number of esters is 1. The Balaban J connectivity index is 2.02. The molecule has 88 valence electrons. The molecule has 4 nitrogen and oxygen atoms in total. The molecule has 1 aliphatic rings. The van der Waals surface area contributed by atoms with Gasteiger partial charge in [-0.3, -0.25) is 0 Å². The second-order valence-corrected chi connectivity index (χ2v) is 4.36. The van der Waals surface area contributed by atoms with Gasteiger partial charge in [0.2, 0.25) is 0 Å². The summed E-state index contributed by atoms with van der Waals surface area (Å²) in [4.78, 5) is 11.9. The van der Waals surface area contributed by atoms with Gasteiger partial charge in [0.05, 0.1) is 5.69 Å². The Kier molecular flexibility index (Phi) is 3.27. The van der Waals surface area contributed by atoms with Gasteiger partial charge in [-0.05, 0) is 39.5 Å². The van der Waals surface area contributed by atoms with Crippen molar-refractivity contribution in [2.24, 2.45) is 0 Å². The number of rotatable bonds is 2. The molecule has 1 saturated carbocycles.